The van der Waals surface area contributed by atoms with Crippen LogP contribution in [-0.2, 0) is 9.53 Å². The fourth-order valence-corrected chi connectivity index (χ4v) is 1.69. The van der Waals surface area contributed by atoms with Crippen molar-refractivity contribution < 1.29 is 14.6 Å². The van der Waals surface area contributed by atoms with E-state index in [2.05, 4.69) is 24.0 Å². The average molecular weight is 232 g/mol. The normalized spacial score (nSPS) is 9.59. The first kappa shape index (κ1) is 13.3. The van der Waals surface area contributed by atoms with Crippen LogP contribution in [0.5, 0.6) is 0 Å². The van der Waals surface area contributed by atoms with Crippen molar-refractivity contribution in [2.75, 3.05) is 13.2 Å². The molecule has 0 unspecified atom stereocenters. The number of benzene rings is 1. The summed E-state index contributed by atoms with van der Waals surface area (Å²) in [5.74, 6) is 4.86. The Hall–Kier alpha value is -1.79. The minimum absolute atomic E-state index is 0.138. The molecule has 17 heavy (non-hydrogen) atoms. The van der Waals surface area contributed by atoms with Gasteiger partial charge in [0.15, 0.2) is 0 Å². The maximum absolute atomic E-state index is 10.2. The standard InChI is InChI=1S/C14H16O3/c1-10-7-11(2)13(12(3)8-10)5-4-6-17-9-14(15)16/h7-8H,6,9H2,1-3H3,(H,15,16). The number of carboxylic acid groups (broad SMARTS) is 1. The highest BCUT2D eigenvalue weighted by molar-refractivity contribution is 5.68. The van der Waals surface area contributed by atoms with Crippen LogP contribution in [-0.4, -0.2) is 24.3 Å². The Labute approximate surface area is 101 Å². The first-order chi connectivity index (χ1) is 8.00. The molecule has 1 aromatic rings. The van der Waals surface area contributed by atoms with Gasteiger partial charge in [-0.25, -0.2) is 4.79 Å². The van der Waals surface area contributed by atoms with Crippen LogP contribution in [0.15, 0.2) is 12.1 Å². The summed E-state index contributed by atoms with van der Waals surface area (Å²) in [4.78, 5) is 10.2. The molecule has 0 aliphatic heterocycles. The van der Waals surface area contributed by atoms with E-state index in [1.54, 1.807) is 0 Å². The maximum atomic E-state index is 10.2. The summed E-state index contributed by atoms with van der Waals surface area (Å²) in [5, 5.41) is 8.38. The van der Waals surface area contributed by atoms with E-state index in [1.807, 2.05) is 20.8 Å². The highest BCUT2D eigenvalue weighted by atomic mass is 16.5. The third kappa shape index (κ3) is 4.29. The molecule has 0 bridgehead atoms. The van der Waals surface area contributed by atoms with Gasteiger partial charge in [0.1, 0.15) is 13.2 Å². The van der Waals surface area contributed by atoms with Crippen molar-refractivity contribution in [1.82, 2.24) is 0 Å². The van der Waals surface area contributed by atoms with Gasteiger partial charge in [-0.1, -0.05) is 29.5 Å². The highest BCUT2D eigenvalue weighted by Crippen LogP contribution is 2.14. The number of carboxylic acids is 1. The van der Waals surface area contributed by atoms with Gasteiger partial charge in [0.05, 0.1) is 0 Å². The Morgan fingerprint density at radius 1 is 1.29 bits per heavy atom. The zero-order valence-corrected chi connectivity index (χ0v) is 10.3. The van der Waals surface area contributed by atoms with Gasteiger partial charge in [-0.3, -0.25) is 0 Å². The average Bonchev–Trinajstić information content (AvgIpc) is 2.20. The number of hydrogen-bond donors (Lipinski definition) is 1. The van der Waals surface area contributed by atoms with Gasteiger partial charge in [-0.2, -0.15) is 0 Å². The van der Waals surface area contributed by atoms with Crippen LogP contribution in [0.2, 0.25) is 0 Å². The molecule has 1 aromatic carbocycles. The fraction of sp³-hybridized carbons (Fsp3) is 0.357. The van der Waals surface area contributed by atoms with E-state index in [4.69, 9.17) is 9.84 Å². The van der Waals surface area contributed by atoms with Crippen molar-refractivity contribution in [3.8, 4) is 11.8 Å². The van der Waals surface area contributed by atoms with Crippen molar-refractivity contribution in [2.24, 2.45) is 0 Å². The summed E-state index contributed by atoms with van der Waals surface area (Å²) in [6.45, 7) is 5.91. The zero-order chi connectivity index (χ0) is 12.8. The SMILES string of the molecule is Cc1cc(C)c(C#CCOCC(=O)O)c(C)c1. The Kier molecular flexibility index (Phi) is 4.74. The summed E-state index contributed by atoms with van der Waals surface area (Å²) >= 11 is 0. The lowest BCUT2D eigenvalue weighted by molar-refractivity contribution is -0.141. The second-order valence-corrected chi connectivity index (χ2v) is 3.96. The summed E-state index contributed by atoms with van der Waals surface area (Å²) in [6.07, 6.45) is 0. The summed E-state index contributed by atoms with van der Waals surface area (Å²) in [6, 6.07) is 4.16. The number of hydrogen-bond acceptors (Lipinski definition) is 2. The topological polar surface area (TPSA) is 46.5 Å². The number of rotatable bonds is 3. The molecular formula is C14H16O3. The van der Waals surface area contributed by atoms with E-state index in [-0.39, 0.29) is 13.2 Å². The van der Waals surface area contributed by atoms with E-state index in [0.29, 0.717) is 0 Å². The Morgan fingerprint density at radius 3 is 2.41 bits per heavy atom. The molecule has 0 heterocycles. The van der Waals surface area contributed by atoms with Crippen molar-refractivity contribution in [3.05, 3.63) is 34.4 Å². The van der Waals surface area contributed by atoms with Gasteiger partial charge < -0.3 is 9.84 Å². The van der Waals surface area contributed by atoms with Crippen molar-refractivity contribution >= 4 is 5.97 Å². The zero-order valence-electron chi connectivity index (χ0n) is 10.3. The van der Waals surface area contributed by atoms with E-state index in [1.165, 1.54) is 5.56 Å². The molecule has 0 saturated heterocycles. The summed E-state index contributed by atoms with van der Waals surface area (Å²) < 4.78 is 4.85. The highest BCUT2D eigenvalue weighted by Gasteiger charge is 2.00. The molecule has 0 fully saturated rings. The molecule has 1 N–H and O–H groups in total. The Balaban J connectivity index is 2.69. The molecule has 0 spiro atoms. The first-order valence-electron chi connectivity index (χ1n) is 5.37. The molecule has 0 aliphatic carbocycles. The van der Waals surface area contributed by atoms with Gasteiger partial charge in [-0.15, -0.1) is 0 Å². The fourth-order valence-electron chi connectivity index (χ4n) is 1.69. The largest absolute Gasteiger partial charge is 0.480 e. The third-order valence-corrected chi connectivity index (χ3v) is 2.29. The van der Waals surface area contributed by atoms with Gasteiger partial charge in [0.25, 0.3) is 0 Å². The predicted molar refractivity (Wildman–Crippen MR) is 66.0 cm³/mol. The van der Waals surface area contributed by atoms with Crippen molar-refractivity contribution in [2.45, 2.75) is 20.8 Å². The molecule has 0 radical (unpaired) electrons. The minimum Gasteiger partial charge on any atom is -0.480 e. The minimum atomic E-state index is -0.977. The Morgan fingerprint density at radius 2 is 1.88 bits per heavy atom. The Bertz CT molecular complexity index is 455. The van der Waals surface area contributed by atoms with Crippen LogP contribution < -0.4 is 0 Å². The van der Waals surface area contributed by atoms with Gasteiger partial charge >= 0.3 is 5.97 Å². The van der Waals surface area contributed by atoms with Crippen LogP contribution >= 0.6 is 0 Å². The van der Waals surface area contributed by atoms with Crippen molar-refractivity contribution in [1.29, 1.82) is 0 Å². The number of ether oxygens (including phenoxy) is 1. The molecule has 0 aliphatic rings. The van der Waals surface area contributed by atoms with Gasteiger partial charge in [0.2, 0.25) is 0 Å². The molecule has 0 atom stereocenters. The van der Waals surface area contributed by atoms with E-state index in [9.17, 15) is 4.79 Å². The van der Waals surface area contributed by atoms with Crippen molar-refractivity contribution in [3.63, 3.8) is 0 Å². The molecule has 3 heteroatoms. The third-order valence-electron chi connectivity index (χ3n) is 2.29. The quantitative estimate of drug-likeness (QED) is 0.641. The monoisotopic (exact) mass is 232 g/mol. The second kappa shape index (κ2) is 6.07. The molecule has 90 valence electrons. The lowest BCUT2D eigenvalue weighted by Crippen LogP contribution is -2.06. The number of carbonyl (C=O) groups is 1. The summed E-state index contributed by atoms with van der Waals surface area (Å²) in [7, 11) is 0. The van der Waals surface area contributed by atoms with Gasteiger partial charge in [0, 0.05) is 5.56 Å². The van der Waals surface area contributed by atoms with E-state index in [0.717, 1.165) is 16.7 Å². The molecule has 0 saturated carbocycles. The number of aliphatic carboxylic acids is 1. The molecular weight excluding hydrogens is 216 g/mol. The second-order valence-electron chi connectivity index (χ2n) is 3.96. The lowest BCUT2D eigenvalue weighted by Gasteiger charge is -2.04. The molecule has 3 nitrogen and oxygen atoms in total. The van der Waals surface area contributed by atoms with Crippen LogP contribution in [0.1, 0.15) is 22.3 Å². The lowest BCUT2D eigenvalue weighted by atomic mass is 10.0. The van der Waals surface area contributed by atoms with E-state index < -0.39 is 5.97 Å². The first-order valence-corrected chi connectivity index (χ1v) is 5.37. The smallest absolute Gasteiger partial charge is 0.329 e. The van der Waals surface area contributed by atoms with Crippen LogP contribution in [0.3, 0.4) is 0 Å². The van der Waals surface area contributed by atoms with E-state index >= 15 is 0 Å². The predicted octanol–water partition coefficient (Wildman–Crippen LogP) is 2.06. The molecule has 1 rings (SSSR count). The van der Waals surface area contributed by atoms with Crippen LogP contribution in [0, 0.1) is 32.6 Å². The number of aryl methyl sites for hydroxylation is 3. The molecule has 0 amide bonds. The van der Waals surface area contributed by atoms with Crippen LogP contribution in [0.25, 0.3) is 0 Å². The molecule has 0 aromatic heterocycles. The van der Waals surface area contributed by atoms with Crippen LogP contribution in [0.4, 0.5) is 0 Å². The maximum Gasteiger partial charge on any atom is 0.329 e. The van der Waals surface area contributed by atoms with Gasteiger partial charge in [-0.05, 0) is 31.9 Å². The summed E-state index contributed by atoms with van der Waals surface area (Å²) in [5.41, 5.74) is 4.48.